The zero-order valence-corrected chi connectivity index (χ0v) is 20.1. The maximum Gasteiger partial charge on any atom is 0.191 e. The third-order valence-corrected chi connectivity index (χ3v) is 5.77. The maximum atomic E-state index is 6.13. The van der Waals surface area contributed by atoms with Gasteiger partial charge in [0.2, 0.25) is 0 Å². The van der Waals surface area contributed by atoms with Gasteiger partial charge in [-0.3, -0.25) is 0 Å². The van der Waals surface area contributed by atoms with Crippen LogP contribution in [0.15, 0.2) is 41.4 Å². The Hall–Kier alpha value is -1.12. The molecular weight excluding hydrogens is 508 g/mol. The van der Waals surface area contributed by atoms with Crippen molar-refractivity contribution in [1.29, 1.82) is 0 Å². The first kappa shape index (κ1) is 23.2. The van der Waals surface area contributed by atoms with E-state index >= 15 is 0 Å². The van der Waals surface area contributed by atoms with Gasteiger partial charge in [-0.15, -0.1) is 24.0 Å². The van der Waals surface area contributed by atoms with Crippen LogP contribution in [-0.4, -0.2) is 36.7 Å². The molecule has 2 aromatic rings. The Labute approximate surface area is 194 Å². The summed E-state index contributed by atoms with van der Waals surface area (Å²) in [6.07, 6.45) is 1.18. The van der Waals surface area contributed by atoms with Gasteiger partial charge in [0.25, 0.3) is 0 Å². The zero-order valence-electron chi connectivity index (χ0n) is 16.3. The lowest BCUT2D eigenvalue weighted by Gasteiger charge is -2.19. The number of guanidine groups is 1. The van der Waals surface area contributed by atoms with E-state index in [1.54, 1.807) is 0 Å². The van der Waals surface area contributed by atoms with E-state index in [0.717, 1.165) is 37.8 Å². The Balaban J connectivity index is 0.00000280. The third-order valence-electron chi connectivity index (χ3n) is 4.92. The van der Waals surface area contributed by atoms with E-state index in [1.165, 1.54) is 12.1 Å². The third kappa shape index (κ3) is 5.94. The minimum absolute atomic E-state index is 0. The number of nitrogens with zero attached hydrogens (tertiary/aromatic N) is 3. The van der Waals surface area contributed by atoms with E-state index in [0.29, 0.717) is 22.6 Å². The van der Waals surface area contributed by atoms with Crippen LogP contribution in [0.1, 0.15) is 19.0 Å². The predicted molar refractivity (Wildman–Crippen MR) is 130 cm³/mol. The van der Waals surface area contributed by atoms with Crippen molar-refractivity contribution >= 4 is 58.8 Å². The number of aromatic nitrogens is 1. The van der Waals surface area contributed by atoms with Gasteiger partial charge in [-0.05, 0) is 37.5 Å². The molecule has 154 valence electrons. The standard InChI is InChI=1S/C20H27Cl2N5.HI/c1-3-23-20(25-13-17-11-18(21)19(22)26(17)2)24-12-15-9-10-27(14-15)16-7-5-4-6-8-16;/h4-8,11,15H,3,9-10,12-14H2,1-2H3,(H2,23,24,25);1H. The first-order chi connectivity index (χ1) is 13.1. The first-order valence-corrected chi connectivity index (χ1v) is 10.2. The Kier molecular flexibility index (Phi) is 9.24. The average molecular weight is 536 g/mol. The Morgan fingerprint density at radius 1 is 1.21 bits per heavy atom. The van der Waals surface area contributed by atoms with Gasteiger partial charge in [0.15, 0.2) is 5.96 Å². The number of nitrogens with one attached hydrogen (secondary N) is 2. The van der Waals surface area contributed by atoms with Gasteiger partial charge in [-0.2, -0.15) is 0 Å². The molecule has 1 aromatic carbocycles. The molecule has 1 atom stereocenters. The lowest BCUT2D eigenvalue weighted by Crippen LogP contribution is -2.40. The summed E-state index contributed by atoms with van der Waals surface area (Å²) < 4.78 is 1.87. The van der Waals surface area contributed by atoms with E-state index < -0.39 is 0 Å². The molecular formula is C20H28Cl2IN5. The van der Waals surface area contributed by atoms with Gasteiger partial charge in [0.1, 0.15) is 5.15 Å². The molecule has 2 N–H and O–H groups in total. The number of halogens is 3. The summed E-state index contributed by atoms with van der Waals surface area (Å²) in [5, 5.41) is 7.91. The summed E-state index contributed by atoms with van der Waals surface area (Å²) in [7, 11) is 1.90. The number of aliphatic imine (C=N–C) groups is 1. The van der Waals surface area contributed by atoms with Crippen LogP contribution in [0.25, 0.3) is 0 Å². The fraction of sp³-hybridized carbons (Fsp3) is 0.450. The highest BCUT2D eigenvalue weighted by atomic mass is 127. The van der Waals surface area contributed by atoms with Crippen LogP contribution in [0.4, 0.5) is 5.69 Å². The van der Waals surface area contributed by atoms with Crippen LogP contribution in [-0.2, 0) is 13.6 Å². The SMILES string of the molecule is CCNC(=NCc1cc(Cl)c(Cl)n1C)NCC1CCN(c2ccccc2)C1.I. The van der Waals surface area contributed by atoms with Crippen molar-refractivity contribution in [2.45, 2.75) is 19.9 Å². The summed E-state index contributed by atoms with van der Waals surface area (Å²) >= 11 is 12.2. The molecule has 1 aromatic heterocycles. The topological polar surface area (TPSA) is 44.6 Å². The molecule has 0 bridgehead atoms. The lowest BCUT2D eigenvalue weighted by atomic mass is 10.1. The molecule has 28 heavy (non-hydrogen) atoms. The van der Waals surface area contributed by atoms with E-state index in [4.69, 9.17) is 23.2 Å². The number of rotatable bonds is 6. The molecule has 8 heteroatoms. The van der Waals surface area contributed by atoms with Crippen molar-refractivity contribution in [1.82, 2.24) is 15.2 Å². The van der Waals surface area contributed by atoms with Crippen molar-refractivity contribution in [3.8, 4) is 0 Å². The fourth-order valence-electron chi connectivity index (χ4n) is 3.36. The summed E-state index contributed by atoms with van der Waals surface area (Å²) in [5.74, 6) is 1.43. The first-order valence-electron chi connectivity index (χ1n) is 9.40. The van der Waals surface area contributed by atoms with Crippen LogP contribution >= 0.6 is 47.2 Å². The number of hydrogen-bond acceptors (Lipinski definition) is 2. The van der Waals surface area contributed by atoms with Gasteiger partial charge in [-0.1, -0.05) is 41.4 Å². The van der Waals surface area contributed by atoms with Gasteiger partial charge < -0.3 is 20.1 Å². The molecule has 3 rings (SSSR count). The average Bonchev–Trinajstić information content (AvgIpc) is 3.25. The van der Waals surface area contributed by atoms with Crippen molar-refractivity contribution in [2.75, 3.05) is 31.1 Å². The second-order valence-electron chi connectivity index (χ2n) is 6.85. The van der Waals surface area contributed by atoms with E-state index in [9.17, 15) is 0 Å². The van der Waals surface area contributed by atoms with Crippen molar-refractivity contribution in [2.24, 2.45) is 18.0 Å². The smallest absolute Gasteiger partial charge is 0.191 e. The molecule has 0 radical (unpaired) electrons. The molecule has 1 aliphatic heterocycles. The summed E-state index contributed by atoms with van der Waals surface area (Å²) in [6, 6.07) is 12.5. The van der Waals surface area contributed by atoms with Crippen LogP contribution in [0.5, 0.6) is 0 Å². The van der Waals surface area contributed by atoms with Crippen molar-refractivity contribution in [3.05, 3.63) is 52.3 Å². The molecule has 0 saturated carbocycles. The normalized spacial score (nSPS) is 16.8. The molecule has 1 saturated heterocycles. The Bertz CT molecular complexity index is 778. The second kappa shape index (κ2) is 11.2. The molecule has 2 heterocycles. The van der Waals surface area contributed by atoms with Crippen LogP contribution in [0.3, 0.4) is 0 Å². The number of benzene rings is 1. The minimum Gasteiger partial charge on any atom is -0.371 e. The van der Waals surface area contributed by atoms with Gasteiger partial charge in [0, 0.05) is 44.6 Å². The van der Waals surface area contributed by atoms with E-state index in [-0.39, 0.29) is 24.0 Å². The summed E-state index contributed by atoms with van der Waals surface area (Å²) in [5.41, 5.74) is 2.29. The quantitative estimate of drug-likeness (QED) is 0.324. The van der Waals surface area contributed by atoms with Crippen LogP contribution in [0, 0.1) is 5.92 Å². The second-order valence-corrected chi connectivity index (χ2v) is 7.61. The highest BCUT2D eigenvalue weighted by molar-refractivity contribution is 14.0. The fourth-order valence-corrected chi connectivity index (χ4v) is 3.77. The molecule has 1 fully saturated rings. The highest BCUT2D eigenvalue weighted by Gasteiger charge is 2.22. The summed E-state index contributed by atoms with van der Waals surface area (Å²) in [6.45, 7) is 6.49. The Morgan fingerprint density at radius 3 is 2.61 bits per heavy atom. The van der Waals surface area contributed by atoms with Crippen molar-refractivity contribution < 1.29 is 0 Å². The summed E-state index contributed by atoms with van der Waals surface area (Å²) in [4.78, 5) is 7.13. The van der Waals surface area contributed by atoms with Crippen molar-refractivity contribution in [3.63, 3.8) is 0 Å². The van der Waals surface area contributed by atoms with Gasteiger partial charge in [-0.25, -0.2) is 4.99 Å². The lowest BCUT2D eigenvalue weighted by molar-refractivity contribution is 0.565. The maximum absolute atomic E-state index is 6.13. The molecule has 1 aliphatic rings. The molecule has 0 amide bonds. The molecule has 0 spiro atoms. The zero-order chi connectivity index (χ0) is 19.2. The monoisotopic (exact) mass is 535 g/mol. The largest absolute Gasteiger partial charge is 0.371 e. The molecule has 5 nitrogen and oxygen atoms in total. The highest BCUT2D eigenvalue weighted by Crippen LogP contribution is 2.25. The van der Waals surface area contributed by atoms with Crippen LogP contribution < -0.4 is 15.5 Å². The van der Waals surface area contributed by atoms with Gasteiger partial charge in [0.05, 0.1) is 11.6 Å². The number of hydrogen-bond donors (Lipinski definition) is 2. The molecule has 1 unspecified atom stereocenters. The minimum atomic E-state index is 0. The number of para-hydroxylation sites is 1. The van der Waals surface area contributed by atoms with E-state index in [2.05, 4.69) is 57.8 Å². The van der Waals surface area contributed by atoms with Gasteiger partial charge >= 0.3 is 0 Å². The Morgan fingerprint density at radius 2 is 1.96 bits per heavy atom. The number of anilines is 1. The molecule has 0 aliphatic carbocycles. The van der Waals surface area contributed by atoms with Crippen LogP contribution in [0.2, 0.25) is 10.2 Å². The predicted octanol–water partition coefficient (Wildman–Crippen LogP) is 4.53. The van der Waals surface area contributed by atoms with E-state index in [1.807, 2.05) is 17.7 Å².